The Kier molecular flexibility index (Phi) is 4.87. The molecule has 0 spiro atoms. The van der Waals surface area contributed by atoms with Crippen LogP contribution in [0.2, 0.25) is 10.0 Å². The summed E-state index contributed by atoms with van der Waals surface area (Å²) in [4.78, 5) is 0.0340. The highest BCUT2D eigenvalue weighted by atomic mass is 35.5. The van der Waals surface area contributed by atoms with Crippen molar-refractivity contribution < 1.29 is 13.2 Å². The molecule has 0 atom stereocenters. The van der Waals surface area contributed by atoms with Crippen molar-refractivity contribution in [2.24, 2.45) is 5.73 Å². The zero-order valence-corrected chi connectivity index (χ0v) is 14.2. The first kappa shape index (κ1) is 17.0. The Morgan fingerprint density at radius 3 is 2.62 bits per heavy atom. The van der Waals surface area contributed by atoms with Crippen molar-refractivity contribution in [3.8, 4) is 0 Å². The number of rotatable bonds is 3. The Morgan fingerprint density at radius 1 is 1.38 bits per heavy atom. The fraction of sp³-hybridized carbons (Fsp3) is 0.538. The molecule has 0 aromatic heterocycles. The van der Waals surface area contributed by atoms with Crippen LogP contribution >= 0.6 is 23.2 Å². The third kappa shape index (κ3) is 3.36. The summed E-state index contributed by atoms with van der Waals surface area (Å²) in [6.07, 6.45) is 0. The summed E-state index contributed by atoms with van der Waals surface area (Å²) in [5.74, 6) is 0. The minimum atomic E-state index is -3.71. The molecular weight excluding hydrogens is 335 g/mol. The van der Waals surface area contributed by atoms with Crippen molar-refractivity contribution in [2.45, 2.75) is 30.9 Å². The molecule has 0 bridgehead atoms. The molecule has 1 aromatic carbocycles. The predicted molar refractivity (Wildman–Crippen MR) is 83.1 cm³/mol. The van der Waals surface area contributed by atoms with Crippen LogP contribution in [-0.4, -0.2) is 38.0 Å². The number of morpholine rings is 1. The fourth-order valence-corrected chi connectivity index (χ4v) is 4.76. The van der Waals surface area contributed by atoms with Gasteiger partial charge in [0, 0.05) is 30.2 Å². The van der Waals surface area contributed by atoms with E-state index in [-0.39, 0.29) is 23.0 Å². The molecular formula is C13H18Cl2N2O3S. The van der Waals surface area contributed by atoms with Crippen LogP contribution in [0.25, 0.3) is 0 Å². The highest BCUT2D eigenvalue weighted by Gasteiger charge is 2.36. The summed E-state index contributed by atoms with van der Waals surface area (Å²) in [5, 5.41) is 0.457. The van der Waals surface area contributed by atoms with E-state index in [1.165, 1.54) is 16.4 Å². The second-order valence-electron chi connectivity index (χ2n) is 5.49. The van der Waals surface area contributed by atoms with E-state index in [0.29, 0.717) is 23.7 Å². The molecule has 5 nitrogen and oxygen atoms in total. The number of nitrogens with two attached hydrogens (primary N) is 1. The Labute approximate surface area is 135 Å². The Bertz CT molecular complexity index is 647. The lowest BCUT2D eigenvalue weighted by Gasteiger charge is -2.37. The van der Waals surface area contributed by atoms with Crippen molar-refractivity contribution in [1.29, 1.82) is 0 Å². The van der Waals surface area contributed by atoms with Gasteiger partial charge in [0.25, 0.3) is 0 Å². The normalized spacial score (nSPS) is 19.7. The highest BCUT2D eigenvalue weighted by Crippen LogP contribution is 2.33. The summed E-state index contributed by atoms with van der Waals surface area (Å²) in [5.41, 5.74) is 5.50. The van der Waals surface area contributed by atoms with Crippen LogP contribution in [-0.2, 0) is 21.3 Å². The predicted octanol–water partition coefficient (Wildman–Crippen LogP) is 2.25. The van der Waals surface area contributed by atoms with Gasteiger partial charge in [0.05, 0.1) is 17.2 Å². The minimum absolute atomic E-state index is 0.0340. The van der Waals surface area contributed by atoms with Gasteiger partial charge in [-0.05, 0) is 26.0 Å². The average molecular weight is 353 g/mol. The molecule has 1 aromatic rings. The molecule has 8 heteroatoms. The van der Waals surface area contributed by atoms with Gasteiger partial charge >= 0.3 is 0 Å². The second-order valence-corrected chi connectivity index (χ2v) is 8.18. The molecule has 21 heavy (non-hydrogen) atoms. The maximum Gasteiger partial charge on any atom is 0.244 e. The molecule has 118 valence electrons. The zero-order valence-electron chi connectivity index (χ0n) is 11.9. The molecule has 1 heterocycles. The SMILES string of the molecule is CC1(C)CN(S(=O)(=O)c2ccc(Cl)c(CN)c2Cl)CCO1. The van der Waals surface area contributed by atoms with Crippen LogP contribution in [0.1, 0.15) is 19.4 Å². The molecule has 1 aliphatic heterocycles. The van der Waals surface area contributed by atoms with Gasteiger partial charge in [0.2, 0.25) is 10.0 Å². The van der Waals surface area contributed by atoms with E-state index in [0.717, 1.165) is 0 Å². The molecule has 0 aliphatic carbocycles. The van der Waals surface area contributed by atoms with Crippen molar-refractivity contribution >= 4 is 33.2 Å². The molecule has 0 saturated carbocycles. The standard InChI is InChI=1S/C13H18Cl2N2O3S/c1-13(2)8-17(5-6-20-13)21(18,19)11-4-3-10(14)9(7-16)12(11)15/h3-4H,5-8,16H2,1-2H3. The number of nitrogens with zero attached hydrogens (tertiary/aromatic N) is 1. The summed E-state index contributed by atoms with van der Waals surface area (Å²) in [6, 6.07) is 2.93. The van der Waals surface area contributed by atoms with Crippen molar-refractivity contribution in [3.63, 3.8) is 0 Å². The average Bonchev–Trinajstić information content (AvgIpc) is 2.37. The lowest BCUT2D eigenvalue weighted by molar-refractivity contribution is -0.0640. The van der Waals surface area contributed by atoms with Crippen LogP contribution in [0.3, 0.4) is 0 Å². The van der Waals surface area contributed by atoms with Crippen LogP contribution < -0.4 is 5.73 Å². The molecule has 0 amide bonds. The first-order valence-corrected chi connectivity index (χ1v) is 8.70. The molecule has 1 aliphatic rings. The Balaban J connectivity index is 2.45. The lowest BCUT2D eigenvalue weighted by atomic mass is 10.1. The van der Waals surface area contributed by atoms with Crippen molar-refractivity contribution in [2.75, 3.05) is 19.7 Å². The van der Waals surface area contributed by atoms with Crippen LogP contribution in [0, 0.1) is 0 Å². The van der Waals surface area contributed by atoms with E-state index in [9.17, 15) is 8.42 Å². The fourth-order valence-electron chi connectivity index (χ4n) is 2.28. The first-order valence-electron chi connectivity index (χ1n) is 6.50. The van der Waals surface area contributed by atoms with E-state index in [1.807, 2.05) is 13.8 Å². The van der Waals surface area contributed by atoms with Crippen molar-refractivity contribution in [1.82, 2.24) is 4.31 Å². The summed E-state index contributed by atoms with van der Waals surface area (Å²) in [7, 11) is -3.71. The summed E-state index contributed by atoms with van der Waals surface area (Å²) in [6.45, 7) is 4.69. The van der Waals surface area contributed by atoms with E-state index in [4.69, 9.17) is 33.7 Å². The highest BCUT2D eigenvalue weighted by molar-refractivity contribution is 7.89. The number of benzene rings is 1. The van der Waals surface area contributed by atoms with Gasteiger partial charge in [-0.15, -0.1) is 0 Å². The molecule has 0 radical (unpaired) electrons. The van der Waals surface area contributed by atoms with Gasteiger partial charge in [-0.1, -0.05) is 23.2 Å². The zero-order chi connectivity index (χ0) is 15.8. The number of hydrogen-bond acceptors (Lipinski definition) is 4. The number of hydrogen-bond donors (Lipinski definition) is 1. The van der Waals surface area contributed by atoms with E-state index in [1.54, 1.807) is 0 Å². The number of ether oxygens (including phenoxy) is 1. The third-order valence-electron chi connectivity index (χ3n) is 3.36. The molecule has 1 fully saturated rings. The first-order chi connectivity index (χ1) is 9.69. The molecule has 1 saturated heterocycles. The second kappa shape index (κ2) is 6.02. The van der Waals surface area contributed by atoms with Gasteiger partial charge in [-0.3, -0.25) is 0 Å². The maximum atomic E-state index is 12.8. The van der Waals surface area contributed by atoms with Crippen LogP contribution in [0.5, 0.6) is 0 Å². The monoisotopic (exact) mass is 352 g/mol. The topological polar surface area (TPSA) is 72.6 Å². The van der Waals surface area contributed by atoms with Gasteiger partial charge in [0.15, 0.2) is 0 Å². The largest absolute Gasteiger partial charge is 0.373 e. The maximum absolute atomic E-state index is 12.8. The number of halogens is 2. The smallest absolute Gasteiger partial charge is 0.244 e. The van der Waals surface area contributed by atoms with Gasteiger partial charge < -0.3 is 10.5 Å². The molecule has 0 unspecified atom stereocenters. The summed E-state index contributed by atoms with van der Waals surface area (Å²) < 4.78 is 32.5. The molecule has 2 N–H and O–H groups in total. The van der Waals surface area contributed by atoms with E-state index in [2.05, 4.69) is 0 Å². The van der Waals surface area contributed by atoms with Crippen LogP contribution in [0.15, 0.2) is 17.0 Å². The lowest BCUT2D eigenvalue weighted by Crippen LogP contribution is -2.50. The minimum Gasteiger partial charge on any atom is -0.373 e. The van der Waals surface area contributed by atoms with Crippen molar-refractivity contribution in [3.05, 3.63) is 27.7 Å². The van der Waals surface area contributed by atoms with Gasteiger partial charge in [-0.25, -0.2) is 8.42 Å². The van der Waals surface area contributed by atoms with Crippen LogP contribution in [0.4, 0.5) is 0 Å². The van der Waals surface area contributed by atoms with Gasteiger partial charge in [-0.2, -0.15) is 4.31 Å². The Hall–Kier alpha value is -0.370. The summed E-state index contributed by atoms with van der Waals surface area (Å²) >= 11 is 12.2. The Morgan fingerprint density at radius 2 is 2.05 bits per heavy atom. The van der Waals surface area contributed by atoms with E-state index >= 15 is 0 Å². The molecule has 2 rings (SSSR count). The number of sulfonamides is 1. The van der Waals surface area contributed by atoms with Gasteiger partial charge in [0.1, 0.15) is 4.90 Å². The quantitative estimate of drug-likeness (QED) is 0.905. The third-order valence-corrected chi connectivity index (χ3v) is 6.15. The van der Waals surface area contributed by atoms with E-state index < -0.39 is 15.6 Å².